The van der Waals surface area contributed by atoms with Crippen LogP contribution in [0.5, 0.6) is 0 Å². The highest BCUT2D eigenvalue weighted by Crippen LogP contribution is 2.32. The van der Waals surface area contributed by atoms with Crippen molar-refractivity contribution < 1.29 is 0 Å². The SMILES string of the molecule is CC(C)(C)c1cc(N)n(C2CCCC2)n1. The maximum absolute atomic E-state index is 6.02. The number of rotatable bonds is 1. The third kappa shape index (κ3) is 2.01. The second kappa shape index (κ2) is 3.54. The van der Waals surface area contributed by atoms with Crippen LogP contribution >= 0.6 is 0 Å². The lowest BCUT2D eigenvalue weighted by atomic mass is 9.92. The Balaban J connectivity index is 2.29. The fourth-order valence-electron chi connectivity index (χ4n) is 2.22. The minimum absolute atomic E-state index is 0.0952. The summed E-state index contributed by atoms with van der Waals surface area (Å²) in [4.78, 5) is 0. The zero-order valence-electron chi connectivity index (χ0n) is 9.95. The minimum Gasteiger partial charge on any atom is -0.384 e. The number of aromatic nitrogens is 2. The molecule has 2 N–H and O–H groups in total. The first kappa shape index (κ1) is 10.5. The van der Waals surface area contributed by atoms with Crippen LogP contribution in [0.1, 0.15) is 58.2 Å². The molecule has 0 spiro atoms. The highest BCUT2D eigenvalue weighted by Gasteiger charge is 2.24. The first-order valence-corrected chi connectivity index (χ1v) is 5.84. The van der Waals surface area contributed by atoms with Gasteiger partial charge >= 0.3 is 0 Å². The summed E-state index contributed by atoms with van der Waals surface area (Å²) in [6, 6.07) is 2.57. The molecule has 3 nitrogen and oxygen atoms in total. The number of hydrogen-bond acceptors (Lipinski definition) is 2. The van der Waals surface area contributed by atoms with Gasteiger partial charge in [0.15, 0.2) is 0 Å². The topological polar surface area (TPSA) is 43.8 Å². The molecule has 84 valence electrons. The lowest BCUT2D eigenvalue weighted by molar-refractivity contribution is 0.454. The molecule has 1 aliphatic rings. The molecule has 0 unspecified atom stereocenters. The summed E-state index contributed by atoms with van der Waals surface area (Å²) in [5.41, 5.74) is 7.22. The minimum atomic E-state index is 0.0952. The maximum atomic E-state index is 6.02. The van der Waals surface area contributed by atoms with E-state index in [2.05, 4.69) is 25.9 Å². The van der Waals surface area contributed by atoms with E-state index in [1.807, 2.05) is 10.7 Å². The summed E-state index contributed by atoms with van der Waals surface area (Å²) < 4.78 is 2.04. The first-order valence-electron chi connectivity index (χ1n) is 5.84. The zero-order chi connectivity index (χ0) is 11.1. The van der Waals surface area contributed by atoms with E-state index in [0.717, 1.165) is 11.5 Å². The van der Waals surface area contributed by atoms with Crippen LogP contribution in [0.4, 0.5) is 5.82 Å². The Morgan fingerprint density at radius 1 is 1.33 bits per heavy atom. The Hall–Kier alpha value is -0.990. The van der Waals surface area contributed by atoms with Gasteiger partial charge < -0.3 is 5.73 Å². The fourth-order valence-corrected chi connectivity index (χ4v) is 2.22. The Morgan fingerprint density at radius 3 is 2.40 bits per heavy atom. The Bertz CT molecular complexity index is 340. The van der Waals surface area contributed by atoms with Gasteiger partial charge in [-0.1, -0.05) is 33.6 Å². The number of nitrogens with two attached hydrogens (primary N) is 1. The van der Waals surface area contributed by atoms with Gasteiger partial charge in [-0.3, -0.25) is 0 Å². The molecule has 1 saturated carbocycles. The van der Waals surface area contributed by atoms with Crippen molar-refractivity contribution in [2.24, 2.45) is 0 Å². The van der Waals surface area contributed by atoms with Crippen molar-refractivity contribution in [3.63, 3.8) is 0 Å². The highest BCUT2D eigenvalue weighted by molar-refractivity contribution is 5.34. The molecular weight excluding hydrogens is 186 g/mol. The molecule has 0 amide bonds. The van der Waals surface area contributed by atoms with Gasteiger partial charge in [0.05, 0.1) is 11.7 Å². The Kier molecular flexibility index (Phi) is 2.49. The molecule has 1 heterocycles. The normalized spacial score (nSPS) is 18.6. The molecule has 3 heteroatoms. The third-order valence-corrected chi connectivity index (χ3v) is 3.20. The standard InChI is InChI=1S/C12H21N3/c1-12(2,3)10-8-11(13)15(14-10)9-6-4-5-7-9/h8-9H,4-7,13H2,1-3H3. The van der Waals surface area contributed by atoms with Crippen LogP contribution in [0.3, 0.4) is 0 Å². The van der Waals surface area contributed by atoms with E-state index in [-0.39, 0.29) is 5.41 Å². The molecule has 0 aliphatic heterocycles. The highest BCUT2D eigenvalue weighted by atomic mass is 15.3. The van der Waals surface area contributed by atoms with Gasteiger partial charge in [0.2, 0.25) is 0 Å². The van der Waals surface area contributed by atoms with Gasteiger partial charge in [-0.15, -0.1) is 0 Å². The summed E-state index contributed by atoms with van der Waals surface area (Å²) in [5.74, 6) is 0.826. The van der Waals surface area contributed by atoms with E-state index >= 15 is 0 Å². The van der Waals surface area contributed by atoms with Crippen molar-refractivity contribution in [2.75, 3.05) is 5.73 Å². The zero-order valence-corrected chi connectivity index (χ0v) is 9.95. The number of nitrogen functional groups attached to an aromatic ring is 1. The van der Waals surface area contributed by atoms with Crippen LogP contribution in [-0.4, -0.2) is 9.78 Å². The summed E-state index contributed by atoms with van der Waals surface area (Å²) in [6.07, 6.45) is 5.09. The van der Waals surface area contributed by atoms with Crippen LogP contribution < -0.4 is 5.73 Å². The van der Waals surface area contributed by atoms with Gasteiger partial charge in [0.1, 0.15) is 5.82 Å². The van der Waals surface area contributed by atoms with Gasteiger partial charge in [-0.05, 0) is 12.8 Å². The van der Waals surface area contributed by atoms with Crippen molar-refractivity contribution >= 4 is 5.82 Å². The lowest BCUT2D eigenvalue weighted by Crippen LogP contribution is -2.14. The molecule has 0 atom stereocenters. The van der Waals surface area contributed by atoms with Gasteiger partial charge in [-0.2, -0.15) is 5.10 Å². The molecule has 0 radical (unpaired) electrons. The van der Waals surface area contributed by atoms with E-state index in [1.165, 1.54) is 25.7 Å². The summed E-state index contributed by atoms with van der Waals surface area (Å²) in [7, 11) is 0. The Labute approximate surface area is 91.7 Å². The molecule has 1 aromatic rings. The van der Waals surface area contributed by atoms with Gasteiger partial charge in [-0.25, -0.2) is 4.68 Å². The average molecular weight is 207 g/mol. The van der Waals surface area contributed by atoms with E-state index in [4.69, 9.17) is 5.73 Å². The molecule has 15 heavy (non-hydrogen) atoms. The second-order valence-corrected chi connectivity index (χ2v) is 5.59. The second-order valence-electron chi connectivity index (χ2n) is 5.59. The quantitative estimate of drug-likeness (QED) is 0.769. The van der Waals surface area contributed by atoms with E-state index in [0.29, 0.717) is 6.04 Å². The van der Waals surface area contributed by atoms with Crippen molar-refractivity contribution in [1.82, 2.24) is 9.78 Å². The number of nitrogens with zero attached hydrogens (tertiary/aromatic N) is 2. The first-order chi connectivity index (χ1) is 6.98. The lowest BCUT2D eigenvalue weighted by Gasteiger charge is -2.15. The van der Waals surface area contributed by atoms with Crippen LogP contribution in [-0.2, 0) is 5.41 Å². The van der Waals surface area contributed by atoms with Crippen molar-refractivity contribution in [2.45, 2.75) is 57.9 Å². The van der Waals surface area contributed by atoms with Crippen molar-refractivity contribution in [1.29, 1.82) is 0 Å². The van der Waals surface area contributed by atoms with Crippen LogP contribution in [0.15, 0.2) is 6.07 Å². The average Bonchev–Trinajstić information content (AvgIpc) is 2.69. The number of anilines is 1. The summed E-state index contributed by atoms with van der Waals surface area (Å²) in [5, 5.41) is 4.65. The van der Waals surface area contributed by atoms with Crippen LogP contribution in [0.2, 0.25) is 0 Å². The predicted molar refractivity (Wildman–Crippen MR) is 62.8 cm³/mol. The molecular formula is C12H21N3. The smallest absolute Gasteiger partial charge is 0.122 e. The molecule has 0 aromatic carbocycles. The van der Waals surface area contributed by atoms with E-state index in [9.17, 15) is 0 Å². The predicted octanol–water partition coefficient (Wildman–Crippen LogP) is 2.88. The molecule has 1 fully saturated rings. The fraction of sp³-hybridized carbons (Fsp3) is 0.750. The number of hydrogen-bond donors (Lipinski definition) is 1. The maximum Gasteiger partial charge on any atom is 0.122 e. The summed E-state index contributed by atoms with van der Waals surface area (Å²) in [6.45, 7) is 6.52. The van der Waals surface area contributed by atoms with Crippen molar-refractivity contribution in [3.8, 4) is 0 Å². The van der Waals surface area contributed by atoms with E-state index < -0.39 is 0 Å². The molecule has 1 aromatic heterocycles. The molecule has 1 aliphatic carbocycles. The van der Waals surface area contributed by atoms with Gasteiger partial charge in [0, 0.05) is 11.5 Å². The summed E-state index contributed by atoms with van der Waals surface area (Å²) >= 11 is 0. The van der Waals surface area contributed by atoms with Gasteiger partial charge in [0.25, 0.3) is 0 Å². The largest absolute Gasteiger partial charge is 0.384 e. The van der Waals surface area contributed by atoms with Crippen LogP contribution in [0, 0.1) is 0 Å². The Morgan fingerprint density at radius 2 is 1.93 bits per heavy atom. The third-order valence-electron chi connectivity index (χ3n) is 3.20. The molecule has 0 bridgehead atoms. The molecule has 2 rings (SSSR count). The van der Waals surface area contributed by atoms with Crippen molar-refractivity contribution in [3.05, 3.63) is 11.8 Å². The van der Waals surface area contributed by atoms with E-state index in [1.54, 1.807) is 0 Å². The monoisotopic (exact) mass is 207 g/mol. The van der Waals surface area contributed by atoms with Crippen LogP contribution in [0.25, 0.3) is 0 Å². The molecule has 0 saturated heterocycles.